The van der Waals surface area contributed by atoms with Crippen molar-refractivity contribution >= 4 is 10.0 Å². The van der Waals surface area contributed by atoms with E-state index in [0.29, 0.717) is 6.07 Å². The van der Waals surface area contributed by atoms with Crippen LogP contribution in [-0.2, 0) is 10.0 Å². The summed E-state index contributed by atoms with van der Waals surface area (Å²) in [5.41, 5.74) is -0.224. The number of benzene rings is 1. The average molecular weight is 259 g/mol. The number of nitrogens with one attached hydrogen (secondary N) is 1. The van der Waals surface area contributed by atoms with Gasteiger partial charge in [0, 0.05) is 11.6 Å². The molecule has 1 aromatic carbocycles. The van der Waals surface area contributed by atoms with Crippen LogP contribution in [0.25, 0.3) is 11.3 Å². The number of hydrogen-bond donors (Lipinski definition) is 2. The molecule has 1 heterocycles. The Hall–Kier alpha value is -1.80. The van der Waals surface area contributed by atoms with Crippen LogP contribution >= 0.6 is 0 Å². The summed E-state index contributed by atoms with van der Waals surface area (Å²) < 4.78 is 48.5. The zero-order valence-corrected chi connectivity index (χ0v) is 9.13. The number of nitrogens with zero attached hydrogens (tertiary/aromatic N) is 1. The molecule has 0 atom stereocenters. The largest absolute Gasteiger partial charge is 0.276 e. The van der Waals surface area contributed by atoms with Crippen molar-refractivity contribution in [3.8, 4) is 11.3 Å². The van der Waals surface area contributed by atoms with Crippen molar-refractivity contribution in [2.75, 3.05) is 0 Å². The number of rotatable bonds is 2. The fourth-order valence-corrected chi connectivity index (χ4v) is 2.02. The normalized spacial score (nSPS) is 11.7. The van der Waals surface area contributed by atoms with E-state index in [2.05, 4.69) is 10.2 Å². The highest BCUT2D eigenvalue weighted by Gasteiger charge is 2.20. The van der Waals surface area contributed by atoms with Crippen LogP contribution in [0.5, 0.6) is 0 Å². The van der Waals surface area contributed by atoms with Gasteiger partial charge in [-0.15, -0.1) is 0 Å². The summed E-state index contributed by atoms with van der Waals surface area (Å²) in [6.07, 6.45) is 0.966. The van der Waals surface area contributed by atoms with Crippen molar-refractivity contribution in [3.63, 3.8) is 0 Å². The Bertz CT molecular complexity index is 667. The second-order valence-electron chi connectivity index (χ2n) is 3.28. The molecule has 0 fully saturated rings. The summed E-state index contributed by atoms with van der Waals surface area (Å²) in [5.74, 6) is -1.66. The van der Waals surface area contributed by atoms with Gasteiger partial charge in [0.2, 0.25) is 10.0 Å². The van der Waals surface area contributed by atoms with Gasteiger partial charge in [-0.05, 0) is 12.1 Å². The lowest BCUT2D eigenvalue weighted by atomic mass is 10.1. The van der Waals surface area contributed by atoms with E-state index in [1.165, 1.54) is 0 Å². The van der Waals surface area contributed by atoms with Gasteiger partial charge >= 0.3 is 0 Å². The second kappa shape index (κ2) is 3.90. The minimum Gasteiger partial charge on any atom is -0.276 e. The third kappa shape index (κ3) is 2.17. The number of hydrogen-bond acceptors (Lipinski definition) is 3. The molecular weight excluding hydrogens is 252 g/mol. The minimum atomic E-state index is -4.02. The molecule has 8 heteroatoms. The van der Waals surface area contributed by atoms with E-state index >= 15 is 0 Å². The Morgan fingerprint density at radius 2 is 2.00 bits per heavy atom. The maximum Gasteiger partial charge on any atom is 0.241 e. The topological polar surface area (TPSA) is 88.8 Å². The molecule has 1 aromatic heterocycles. The van der Waals surface area contributed by atoms with E-state index in [1.54, 1.807) is 0 Å². The second-order valence-corrected chi connectivity index (χ2v) is 4.81. The zero-order chi connectivity index (χ0) is 12.6. The van der Waals surface area contributed by atoms with Crippen molar-refractivity contribution in [1.29, 1.82) is 0 Å². The molecule has 2 rings (SSSR count). The molecular formula is C9H7F2N3O2S. The van der Waals surface area contributed by atoms with Crippen LogP contribution in [0, 0.1) is 11.6 Å². The molecule has 0 saturated heterocycles. The smallest absolute Gasteiger partial charge is 0.241 e. The zero-order valence-electron chi connectivity index (χ0n) is 8.31. The van der Waals surface area contributed by atoms with E-state index in [0.717, 1.165) is 18.3 Å². The number of aromatic amines is 1. The fourth-order valence-electron chi connectivity index (χ4n) is 1.38. The Balaban J connectivity index is 2.66. The molecule has 0 saturated carbocycles. The van der Waals surface area contributed by atoms with Crippen molar-refractivity contribution < 1.29 is 17.2 Å². The van der Waals surface area contributed by atoms with Crippen molar-refractivity contribution in [2.24, 2.45) is 5.14 Å². The maximum absolute atomic E-state index is 13.5. The Morgan fingerprint density at radius 1 is 1.29 bits per heavy atom. The number of H-pyrrole nitrogens is 1. The molecule has 17 heavy (non-hydrogen) atoms. The monoisotopic (exact) mass is 259 g/mol. The van der Waals surface area contributed by atoms with Gasteiger partial charge in [0.25, 0.3) is 0 Å². The minimum absolute atomic E-state index is 0.106. The predicted molar refractivity (Wildman–Crippen MR) is 55.3 cm³/mol. The third-order valence-corrected chi connectivity index (χ3v) is 3.03. The summed E-state index contributed by atoms with van der Waals surface area (Å²) >= 11 is 0. The summed E-state index contributed by atoms with van der Waals surface area (Å²) in [5, 5.41) is 10.7. The summed E-state index contributed by atoms with van der Waals surface area (Å²) in [6.45, 7) is 0. The van der Waals surface area contributed by atoms with Crippen LogP contribution in [-0.4, -0.2) is 18.6 Å². The van der Waals surface area contributed by atoms with Gasteiger partial charge in [0.15, 0.2) is 0 Å². The van der Waals surface area contributed by atoms with Crippen molar-refractivity contribution in [2.45, 2.75) is 4.90 Å². The lowest BCUT2D eigenvalue weighted by Crippen LogP contribution is -2.12. The number of primary sulfonamides is 1. The standard InChI is InChI=1S/C9H7F2N3O2S/c10-5-1-2-6(7(11)3-5)9-8(4-13-14-9)17(12,15)16/h1-4H,(H,13,14)(H2,12,15,16). The van der Waals surface area contributed by atoms with Crippen LogP contribution < -0.4 is 5.14 Å². The first-order valence-corrected chi connectivity index (χ1v) is 5.96. The van der Waals surface area contributed by atoms with Gasteiger partial charge in [-0.25, -0.2) is 22.3 Å². The van der Waals surface area contributed by atoms with Crippen LogP contribution in [0.2, 0.25) is 0 Å². The number of sulfonamides is 1. The van der Waals surface area contributed by atoms with Gasteiger partial charge in [-0.3, -0.25) is 5.10 Å². The Labute approximate surface area is 95.3 Å². The summed E-state index contributed by atoms with van der Waals surface area (Å²) in [4.78, 5) is -0.344. The average Bonchev–Trinajstić information content (AvgIpc) is 2.65. The van der Waals surface area contributed by atoms with E-state index in [9.17, 15) is 17.2 Å². The lowest BCUT2D eigenvalue weighted by Gasteiger charge is -2.02. The van der Waals surface area contributed by atoms with E-state index in [-0.39, 0.29) is 16.2 Å². The summed E-state index contributed by atoms with van der Waals surface area (Å²) in [6, 6.07) is 2.75. The van der Waals surface area contributed by atoms with Crippen LogP contribution in [0.1, 0.15) is 0 Å². The molecule has 0 bridgehead atoms. The Kier molecular flexibility index (Phi) is 2.68. The molecule has 0 unspecified atom stereocenters. The first-order chi connectivity index (χ1) is 7.89. The van der Waals surface area contributed by atoms with Gasteiger partial charge in [0.05, 0.1) is 11.9 Å². The van der Waals surface area contributed by atoms with Crippen molar-refractivity contribution in [3.05, 3.63) is 36.0 Å². The predicted octanol–water partition coefficient (Wildman–Crippen LogP) is 1.00. The van der Waals surface area contributed by atoms with E-state index in [1.807, 2.05) is 0 Å². The number of halogens is 2. The molecule has 0 radical (unpaired) electrons. The highest BCUT2D eigenvalue weighted by molar-refractivity contribution is 7.89. The summed E-state index contributed by atoms with van der Waals surface area (Å²) in [7, 11) is -4.02. The number of aromatic nitrogens is 2. The van der Waals surface area contributed by atoms with Gasteiger partial charge in [-0.2, -0.15) is 5.10 Å². The molecule has 3 N–H and O–H groups in total. The molecule has 5 nitrogen and oxygen atoms in total. The fraction of sp³-hybridized carbons (Fsp3) is 0. The SMILES string of the molecule is NS(=O)(=O)c1cn[nH]c1-c1ccc(F)cc1F. The molecule has 0 aliphatic rings. The molecule has 0 aliphatic carbocycles. The molecule has 0 aliphatic heterocycles. The highest BCUT2D eigenvalue weighted by atomic mass is 32.2. The first kappa shape index (κ1) is 11.7. The number of nitrogens with two attached hydrogens (primary N) is 1. The van der Waals surface area contributed by atoms with Gasteiger partial charge in [-0.1, -0.05) is 0 Å². The van der Waals surface area contributed by atoms with Crippen LogP contribution in [0.4, 0.5) is 8.78 Å². The van der Waals surface area contributed by atoms with Gasteiger partial charge < -0.3 is 0 Å². The van der Waals surface area contributed by atoms with Crippen molar-refractivity contribution in [1.82, 2.24) is 10.2 Å². The van der Waals surface area contributed by atoms with Crippen LogP contribution in [0.3, 0.4) is 0 Å². The van der Waals surface area contributed by atoms with Gasteiger partial charge in [0.1, 0.15) is 16.5 Å². The third-order valence-electron chi connectivity index (χ3n) is 2.11. The van der Waals surface area contributed by atoms with Crippen LogP contribution in [0.15, 0.2) is 29.3 Å². The first-order valence-electron chi connectivity index (χ1n) is 4.41. The van der Waals surface area contributed by atoms with E-state index in [4.69, 9.17) is 5.14 Å². The molecule has 90 valence electrons. The van der Waals surface area contributed by atoms with E-state index < -0.39 is 21.7 Å². The lowest BCUT2D eigenvalue weighted by molar-refractivity contribution is 0.585. The quantitative estimate of drug-likeness (QED) is 0.843. The molecule has 2 aromatic rings. The maximum atomic E-state index is 13.5. The molecule has 0 spiro atoms. The highest BCUT2D eigenvalue weighted by Crippen LogP contribution is 2.26. The molecule has 0 amide bonds. The Morgan fingerprint density at radius 3 is 2.59 bits per heavy atom.